The van der Waals surface area contributed by atoms with Gasteiger partial charge in [0.25, 0.3) is 0 Å². The molecule has 1 amide bonds. The first-order valence-corrected chi connectivity index (χ1v) is 9.30. The van der Waals surface area contributed by atoms with E-state index in [-0.39, 0.29) is 24.2 Å². The smallest absolute Gasteiger partial charge is 0.227 e. The summed E-state index contributed by atoms with van der Waals surface area (Å²) in [6.45, 7) is 5.51. The van der Waals surface area contributed by atoms with Crippen LogP contribution in [0.5, 0.6) is 0 Å². The van der Waals surface area contributed by atoms with Crippen LogP contribution in [0.1, 0.15) is 32.4 Å². The van der Waals surface area contributed by atoms with E-state index in [2.05, 4.69) is 0 Å². The first kappa shape index (κ1) is 17.0. The van der Waals surface area contributed by atoms with Crippen molar-refractivity contribution in [3.8, 4) is 0 Å². The van der Waals surface area contributed by atoms with Crippen molar-refractivity contribution in [2.75, 3.05) is 12.3 Å². The van der Waals surface area contributed by atoms with Crippen LogP contribution in [0.4, 0.5) is 0 Å². The highest BCUT2D eigenvalue weighted by Crippen LogP contribution is 2.26. The standard InChI is InChI=1S/C16H24N2O3S/c1-11(15(17)14-7-5-4-6-8-14)16(19)18-9-10-22(20,21)13(3)12(18)2/h4-8,11-13,15H,9-10,17H2,1-3H3. The third-order valence-corrected chi connectivity index (χ3v) is 7.03. The van der Waals surface area contributed by atoms with E-state index in [1.165, 1.54) is 0 Å². The van der Waals surface area contributed by atoms with Crippen molar-refractivity contribution < 1.29 is 13.2 Å². The number of nitrogens with zero attached hydrogens (tertiary/aromatic N) is 1. The van der Waals surface area contributed by atoms with Crippen LogP contribution in [-0.4, -0.2) is 42.8 Å². The van der Waals surface area contributed by atoms with Crippen molar-refractivity contribution in [3.05, 3.63) is 35.9 Å². The van der Waals surface area contributed by atoms with E-state index in [0.29, 0.717) is 0 Å². The second kappa shape index (κ2) is 6.38. The lowest BCUT2D eigenvalue weighted by Gasteiger charge is -2.39. The molecule has 0 spiro atoms. The average molecular weight is 324 g/mol. The number of nitrogens with two attached hydrogens (primary N) is 1. The Morgan fingerprint density at radius 3 is 2.45 bits per heavy atom. The minimum Gasteiger partial charge on any atom is -0.337 e. The normalized spacial score (nSPS) is 27.2. The highest BCUT2D eigenvalue weighted by Gasteiger charge is 2.40. The Bertz CT molecular complexity index is 630. The maximum absolute atomic E-state index is 12.7. The number of hydrogen-bond donors (Lipinski definition) is 1. The largest absolute Gasteiger partial charge is 0.337 e. The third kappa shape index (κ3) is 3.17. The Morgan fingerprint density at radius 2 is 1.86 bits per heavy atom. The number of rotatable bonds is 3. The molecule has 1 aromatic carbocycles. The van der Waals surface area contributed by atoms with Gasteiger partial charge in [-0.05, 0) is 19.4 Å². The van der Waals surface area contributed by atoms with Crippen molar-refractivity contribution in [3.63, 3.8) is 0 Å². The van der Waals surface area contributed by atoms with Crippen LogP contribution in [0, 0.1) is 5.92 Å². The van der Waals surface area contributed by atoms with Crippen LogP contribution < -0.4 is 5.73 Å². The Balaban J connectivity index is 2.14. The molecule has 0 saturated carbocycles. The van der Waals surface area contributed by atoms with Crippen molar-refractivity contribution >= 4 is 15.7 Å². The minimum atomic E-state index is -3.10. The fourth-order valence-electron chi connectivity index (χ4n) is 2.86. The van der Waals surface area contributed by atoms with Crippen LogP contribution in [-0.2, 0) is 14.6 Å². The molecule has 2 N–H and O–H groups in total. The van der Waals surface area contributed by atoms with Gasteiger partial charge in [0.1, 0.15) is 0 Å². The Kier molecular flexibility index (Phi) is 4.92. The van der Waals surface area contributed by atoms with Gasteiger partial charge in [-0.3, -0.25) is 4.79 Å². The Morgan fingerprint density at radius 1 is 1.27 bits per heavy atom. The quantitative estimate of drug-likeness (QED) is 0.910. The van der Waals surface area contributed by atoms with Gasteiger partial charge in [0.2, 0.25) is 5.91 Å². The molecule has 1 aromatic rings. The summed E-state index contributed by atoms with van der Waals surface area (Å²) < 4.78 is 23.8. The van der Waals surface area contributed by atoms with Gasteiger partial charge in [0.05, 0.1) is 16.9 Å². The summed E-state index contributed by atoms with van der Waals surface area (Å²) in [6.07, 6.45) is 0. The van der Waals surface area contributed by atoms with Crippen LogP contribution in [0.15, 0.2) is 30.3 Å². The molecule has 1 aliphatic heterocycles. The summed E-state index contributed by atoms with van der Waals surface area (Å²) >= 11 is 0. The second-order valence-corrected chi connectivity index (χ2v) is 8.55. The van der Waals surface area contributed by atoms with E-state index in [1.807, 2.05) is 30.3 Å². The number of hydrogen-bond acceptors (Lipinski definition) is 4. The number of carbonyl (C=O) groups excluding carboxylic acids is 1. The van der Waals surface area contributed by atoms with E-state index >= 15 is 0 Å². The zero-order chi connectivity index (χ0) is 16.5. The molecule has 5 nitrogen and oxygen atoms in total. The molecule has 22 heavy (non-hydrogen) atoms. The maximum atomic E-state index is 12.7. The highest BCUT2D eigenvalue weighted by molar-refractivity contribution is 7.92. The van der Waals surface area contributed by atoms with E-state index in [1.54, 1.807) is 25.7 Å². The predicted octanol–water partition coefficient (Wildman–Crippen LogP) is 1.36. The summed E-state index contributed by atoms with van der Waals surface area (Å²) in [5, 5.41) is -0.537. The van der Waals surface area contributed by atoms with Gasteiger partial charge in [-0.25, -0.2) is 8.42 Å². The van der Waals surface area contributed by atoms with E-state index in [9.17, 15) is 13.2 Å². The topological polar surface area (TPSA) is 80.5 Å². The number of amides is 1. The van der Waals surface area contributed by atoms with Crippen LogP contribution in [0.3, 0.4) is 0 Å². The first-order valence-electron chi connectivity index (χ1n) is 7.58. The fourth-order valence-corrected chi connectivity index (χ4v) is 4.43. The fraction of sp³-hybridized carbons (Fsp3) is 0.562. The molecule has 0 aromatic heterocycles. The monoisotopic (exact) mass is 324 g/mol. The molecule has 4 atom stereocenters. The van der Waals surface area contributed by atoms with E-state index in [0.717, 1.165) is 5.56 Å². The van der Waals surface area contributed by atoms with Crippen molar-refractivity contribution in [1.82, 2.24) is 4.90 Å². The lowest BCUT2D eigenvalue weighted by atomic mass is 9.93. The SMILES string of the molecule is CC(C(=O)N1CCS(=O)(=O)C(C)C1C)C(N)c1ccccc1. The van der Waals surface area contributed by atoms with Crippen molar-refractivity contribution in [1.29, 1.82) is 0 Å². The molecule has 0 bridgehead atoms. The Hall–Kier alpha value is -1.40. The van der Waals surface area contributed by atoms with Gasteiger partial charge in [0, 0.05) is 18.6 Å². The van der Waals surface area contributed by atoms with Gasteiger partial charge in [0.15, 0.2) is 9.84 Å². The second-order valence-electron chi connectivity index (χ2n) is 6.07. The third-order valence-electron chi connectivity index (χ3n) is 4.75. The predicted molar refractivity (Wildman–Crippen MR) is 87.0 cm³/mol. The zero-order valence-electron chi connectivity index (χ0n) is 13.3. The summed E-state index contributed by atoms with van der Waals surface area (Å²) in [4.78, 5) is 14.4. The molecule has 1 heterocycles. The number of benzene rings is 1. The molecule has 122 valence electrons. The number of carbonyl (C=O) groups is 1. The van der Waals surface area contributed by atoms with Crippen LogP contribution >= 0.6 is 0 Å². The zero-order valence-corrected chi connectivity index (χ0v) is 14.1. The van der Waals surface area contributed by atoms with Gasteiger partial charge >= 0.3 is 0 Å². The molecular formula is C16H24N2O3S. The molecule has 2 rings (SSSR count). The minimum absolute atomic E-state index is 0.0253. The molecule has 1 saturated heterocycles. The summed E-state index contributed by atoms with van der Waals surface area (Å²) in [5.41, 5.74) is 7.12. The lowest BCUT2D eigenvalue weighted by molar-refractivity contribution is -0.137. The summed E-state index contributed by atoms with van der Waals surface area (Å²) in [5.74, 6) is -0.444. The van der Waals surface area contributed by atoms with Crippen molar-refractivity contribution in [2.45, 2.75) is 38.1 Å². The van der Waals surface area contributed by atoms with Crippen LogP contribution in [0.25, 0.3) is 0 Å². The Labute approximate surface area is 132 Å². The highest BCUT2D eigenvalue weighted by atomic mass is 32.2. The van der Waals surface area contributed by atoms with Gasteiger partial charge < -0.3 is 10.6 Å². The number of sulfone groups is 1. The molecular weight excluding hydrogens is 300 g/mol. The summed E-state index contributed by atoms with van der Waals surface area (Å²) in [7, 11) is -3.10. The molecule has 0 radical (unpaired) electrons. The first-order chi connectivity index (χ1) is 10.3. The van der Waals surface area contributed by atoms with E-state index in [4.69, 9.17) is 5.73 Å². The van der Waals surface area contributed by atoms with E-state index < -0.39 is 27.0 Å². The van der Waals surface area contributed by atoms with Gasteiger partial charge in [-0.2, -0.15) is 0 Å². The maximum Gasteiger partial charge on any atom is 0.227 e. The molecule has 0 aliphatic carbocycles. The summed E-state index contributed by atoms with van der Waals surface area (Å²) in [6, 6.07) is 8.78. The lowest BCUT2D eigenvalue weighted by Crippen LogP contribution is -2.56. The van der Waals surface area contributed by atoms with Gasteiger partial charge in [-0.15, -0.1) is 0 Å². The van der Waals surface area contributed by atoms with Crippen LogP contribution in [0.2, 0.25) is 0 Å². The van der Waals surface area contributed by atoms with Gasteiger partial charge in [-0.1, -0.05) is 37.3 Å². The molecule has 6 heteroatoms. The molecule has 1 aliphatic rings. The molecule has 4 unspecified atom stereocenters. The average Bonchev–Trinajstić information content (AvgIpc) is 2.51. The molecule has 1 fully saturated rings. The van der Waals surface area contributed by atoms with Crippen molar-refractivity contribution in [2.24, 2.45) is 11.7 Å².